The van der Waals surface area contributed by atoms with E-state index in [-0.39, 0.29) is 6.04 Å². The van der Waals surface area contributed by atoms with Crippen molar-refractivity contribution in [3.8, 4) is 22.7 Å². The molecule has 0 radical (unpaired) electrons. The number of ether oxygens (including phenoxy) is 1. The maximum Gasteiger partial charge on any atom is 0.223 e. The molecule has 6 rings (SSSR count). The molecule has 2 aromatic heterocycles. The predicted octanol–water partition coefficient (Wildman–Crippen LogP) is 3.55. The van der Waals surface area contributed by atoms with Crippen LogP contribution in [0.3, 0.4) is 0 Å². The lowest BCUT2D eigenvalue weighted by molar-refractivity contribution is 0.289. The standard InChI is InChI=1S/C23H25N5O/c1-27(19-12-16-3-4-17(13-19)25-16)22-8-7-21-20-6-5-18(28-10-2-9-24-28)11-15(20)14-29-23(21)26-22/h2,5-11,16-17,19,25H,3-4,12-14H2,1H3/t16-,17+,19?/i1D3. The summed E-state index contributed by atoms with van der Waals surface area (Å²) in [6, 6.07) is 12.5. The van der Waals surface area contributed by atoms with Gasteiger partial charge in [0.05, 0.1) is 5.69 Å². The smallest absolute Gasteiger partial charge is 0.223 e. The molecule has 1 N–H and O–H groups in total. The molecular formula is C23H25N5O. The van der Waals surface area contributed by atoms with Crippen LogP contribution in [-0.4, -0.2) is 39.9 Å². The van der Waals surface area contributed by atoms with Crippen molar-refractivity contribution < 1.29 is 8.85 Å². The topological polar surface area (TPSA) is 55.2 Å². The number of pyridine rings is 1. The Kier molecular flexibility index (Phi) is 3.22. The van der Waals surface area contributed by atoms with Crippen molar-refractivity contribution in [2.24, 2.45) is 0 Å². The van der Waals surface area contributed by atoms with E-state index in [0.717, 1.165) is 48.1 Å². The van der Waals surface area contributed by atoms with Gasteiger partial charge in [0.25, 0.3) is 0 Å². The number of piperidine rings is 1. The Hall–Kier alpha value is -2.86. The summed E-state index contributed by atoms with van der Waals surface area (Å²) in [5, 5.41) is 7.89. The van der Waals surface area contributed by atoms with E-state index in [4.69, 9.17) is 13.8 Å². The fourth-order valence-corrected chi connectivity index (χ4v) is 4.98. The summed E-state index contributed by atoms with van der Waals surface area (Å²) < 4.78 is 32.5. The lowest BCUT2D eigenvalue weighted by atomic mass is 9.97. The van der Waals surface area contributed by atoms with Crippen LogP contribution in [0.1, 0.15) is 35.4 Å². The molecule has 2 bridgehead atoms. The number of nitrogens with one attached hydrogen (secondary N) is 1. The van der Waals surface area contributed by atoms with E-state index in [1.807, 2.05) is 35.1 Å². The highest BCUT2D eigenvalue weighted by molar-refractivity contribution is 5.75. The van der Waals surface area contributed by atoms with Gasteiger partial charge in [0.15, 0.2) is 0 Å². The monoisotopic (exact) mass is 390 g/mol. The second-order valence-electron chi connectivity index (χ2n) is 8.24. The first-order valence-electron chi connectivity index (χ1n) is 11.8. The van der Waals surface area contributed by atoms with Gasteiger partial charge in [-0.2, -0.15) is 10.1 Å². The highest BCUT2D eigenvalue weighted by Crippen LogP contribution is 2.39. The normalized spacial score (nSPS) is 26.5. The minimum atomic E-state index is -2.26. The molecule has 5 heterocycles. The van der Waals surface area contributed by atoms with Crippen molar-refractivity contribution in [1.29, 1.82) is 0 Å². The van der Waals surface area contributed by atoms with Gasteiger partial charge in [-0.25, -0.2) is 4.68 Å². The zero-order valence-electron chi connectivity index (χ0n) is 19.1. The van der Waals surface area contributed by atoms with Crippen LogP contribution < -0.4 is 15.0 Å². The van der Waals surface area contributed by atoms with E-state index in [1.165, 1.54) is 0 Å². The number of benzene rings is 1. The van der Waals surface area contributed by atoms with Gasteiger partial charge in [0.2, 0.25) is 5.88 Å². The molecule has 2 saturated heterocycles. The number of nitrogens with zero attached hydrogens (tertiary/aromatic N) is 4. The second kappa shape index (κ2) is 6.59. The van der Waals surface area contributed by atoms with E-state index in [1.54, 1.807) is 11.1 Å². The van der Waals surface area contributed by atoms with Crippen LogP contribution in [-0.2, 0) is 6.61 Å². The quantitative estimate of drug-likeness (QED) is 0.741. The van der Waals surface area contributed by atoms with Gasteiger partial charge in [-0.3, -0.25) is 0 Å². The molecule has 0 aliphatic carbocycles. The summed E-state index contributed by atoms with van der Waals surface area (Å²) in [5.74, 6) is 0.958. The van der Waals surface area contributed by atoms with Crippen molar-refractivity contribution in [2.45, 2.75) is 50.4 Å². The van der Waals surface area contributed by atoms with Crippen LogP contribution in [0.2, 0.25) is 0 Å². The minimum Gasteiger partial charge on any atom is -0.472 e. The van der Waals surface area contributed by atoms with Crippen molar-refractivity contribution >= 4 is 5.82 Å². The third-order valence-corrected chi connectivity index (χ3v) is 6.42. The van der Waals surface area contributed by atoms with Gasteiger partial charge in [0, 0.05) is 47.2 Å². The predicted molar refractivity (Wildman–Crippen MR) is 112 cm³/mol. The molecule has 3 atom stereocenters. The van der Waals surface area contributed by atoms with Gasteiger partial charge in [-0.05, 0) is 67.1 Å². The molecular weight excluding hydrogens is 362 g/mol. The van der Waals surface area contributed by atoms with E-state index >= 15 is 0 Å². The van der Waals surface area contributed by atoms with Crippen LogP contribution in [0.25, 0.3) is 16.8 Å². The Balaban J connectivity index is 1.34. The summed E-state index contributed by atoms with van der Waals surface area (Å²) in [6.45, 7) is -1.87. The first-order chi connectivity index (χ1) is 15.5. The lowest BCUT2D eigenvalue weighted by Gasteiger charge is -2.36. The third kappa shape index (κ3) is 2.90. The van der Waals surface area contributed by atoms with Crippen LogP contribution in [0, 0.1) is 0 Å². The summed E-state index contributed by atoms with van der Waals surface area (Å²) in [7, 11) is 0. The molecule has 29 heavy (non-hydrogen) atoms. The fraction of sp³-hybridized carbons (Fsp3) is 0.391. The summed E-state index contributed by atoms with van der Waals surface area (Å²) in [6.07, 6.45) is 7.55. The van der Waals surface area contributed by atoms with E-state index < -0.39 is 6.98 Å². The van der Waals surface area contributed by atoms with Crippen molar-refractivity contribution in [2.75, 3.05) is 11.9 Å². The SMILES string of the molecule is [2H]C([2H])([2H])N(c1ccc2c(n1)OCc1cc(-n3cccn3)ccc1-2)C1C[C@H]2CC[C@@H](C1)N2. The maximum atomic E-state index is 8.21. The van der Waals surface area contributed by atoms with Crippen molar-refractivity contribution in [1.82, 2.24) is 20.1 Å². The first kappa shape index (κ1) is 14.2. The lowest BCUT2D eigenvalue weighted by Crippen LogP contribution is -2.47. The molecule has 0 spiro atoms. The number of aromatic nitrogens is 3. The van der Waals surface area contributed by atoms with Gasteiger partial charge in [-0.15, -0.1) is 0 Å². The summed E-state index contributed by atoms with van der Waals surface area (Å²) in [4.78, 5) is 6.24. The molecule has 6 nitrogen and oxygen atoms in total. The molecule has 148 valence electrons. The molecule has 6 heteroatoms. The Morgan fingerprint density at radius 1 is 1.17 bits per heavy atom. The van der Waals surface area contributed by atoms with Crippen LogP contribution in [0.15, 0.2) is 48.8 Å². The van der Waals surface area contributed by atoms with Gasteiger partial charge >= 0.3 is 0 Å². The van der Waals surface area contributed by atoms with E-state index in [2.05, 4.69) is 22.5 Å². The Morgan fingerprint density at radius 2 is 2.03 bits per heavy atom. The Labute approximate surface area is 174 Å². The average molecular weight is 391 g/mol. The molecule has 1 unspecified atom stereocenters. The van der Waals surface area contributed by atoms with Crippen LogP contribution in [0.5, 0.6) is 5.88 Å². The zero-order valence-corrected chi connectivity index (χ0v) is 16.1. The Bertz CT molecular complexity index is 1140. The Morgan fingerprint density at radius 3 is 2.83 bits per heavy atom. The van der Waals surface area contributed by atoms with Crippen molar-refractivity contribution in [3.05, 3.63) is 54.4 Å². The average Bonchev–Trinajstić information content (AvgIpc) is 3.42. The van der Waals surface area contributed by atoms with Crippen LogP contribution >= 0.6 is 0 Å². The van der Waals surface area contributed by atoms with Crippen LogP contribution in [0.4, 0.5) is 5.82 Å². The highest BCUT2D eigenvalue weighted by Gasteiger charge is 2.35. The first-order valence-corrected chi connectivity index (χ1v) is 10.3. The highest BCUT2D eigenvalue weighted by atomic mass is 16.5. The van der Waals surface area contributed by atoms with Gasteiger partial charge in [0.1, 0.15) is 12.4 Å². The number of anilines is 1. The zero-order chi connectivity index (χ0) is 21.9. The molecule has 0 amide bonds. The molecule has 0 saturated carbocycles. The summed E-state index contributed by atoms with van der Waals surface area (Å²) >= 11 is 0. The van der Waals surface area contributed by atoms with E-state index in [0.29, 0.717) is 30.4 Å². The van der Waals surface area contributed by atoms with E-state index in [9.17, 15) is 0 Å². The molecule has 2 fully saturated rings. The number of hydrogen-bond donors (Lipinski definition) is 1. The number of fused-ring (bicyclic) bond motifs is 5. The summed E-state index contributed by atoms with van der Waals surface area (Å²) in [5.41, 5.74) is 3.97. The molecule has 3 aliphatic rings. The molecule has 1 aromatic carbocycles. The number of hydrogen-bond acceptors (Lipinski definition) is 5. The number of rotatable bonds is 3. The van der Waals surface area contributed by atoms with Gasteiger partial charge in [-0.1, -0.05) is 6.07 Å². The fourth-order valence-electron chi connectivity index (χ4n) is 4.98. The third-order valence-electron chi connectivity index (χ3n) is 6.42. The molecule has 3 aromatic rings. The second-order valence-corrected chi connectivity index (χ2v) is 8.24. The molecule has 3 aliphatic heterocycles. The van der Waals surface area contributed by atoms with Crippen molar-refractivity contribution in [3.63, 3.8) is 0 Å². The van der Waals surface area contributed by atoms with Gasteiger partial charge < -0.3 is 15.0 Å². The maximum absolute atomic E-state index is 8.21. The largest absolute Gasteiger partial charge is 0.472 e. The minimum absolute atomic E-state index is 0.0562.